The number of nitrogens with zero attached hydrogens (tertiary/aromatic N) is 2. The van der Waals surface area contributed by atoms with Crippen molar-refractivity contribution in [2.75, 3.05) is 0 Å². The molecule has 4 aliphatic carbocycles. The molecule has 4 fully saturated rings. The Bertz CT molecular complexity index is 750. The molecule has 4 aliphatic rings. The Morgan fingerprint density at radius 2 is 1.90 bits per heavy atom. The highest BCUT2D eigenvalue weighted by Crippen LogP contribution is 2.68. The number of rotatable bonds is 5. The SMILES string of the molecule is C[C@H](CCCn1ccnc1)[C@H]1CC[C@H]2[C@@H]3CC[C@@H]4C[C@H](O)CC[C@]4(C)[C@H]3C[C@H](O)[C@]12C. The predicted molar refractivity (Wildman–Crippen MR) is 123 cm³/mol. The van der Waals surface area contributed by atoms with Crippen LogP contribution in [0.4, 0.5) is 0 Å². The van der Waals surface area contributed by atoms with Crippen LogP contribution >= 0.6 is 0 Å². The van der Waals surface area contributed by atoms with Gasteiger partial charge in [-0.15, -0.1) is 0 Å². The molecule has 0 amide bonds. The summed E-state index contributed by atoms with van der Waals surface area (Å²) in [6.07, 6.45) is 17.4. The normalized spacial score (nSPS) is 48.0. The van der Waals surface area contributed by atoms with Crippen molar-refractivity contribution in [1.82, 2.24) is 9.55 Å². The Morgan fingerprint density at radius 1 is 1.06 bits per heavy atom. The van der Waals surface area contributed by atoms with Crippen molar-refractivity contribution in [3.8, 4) is 0 Å². The van der Waals surface area contributed by atoms with Gasteiger partial charge in [0.2, 0.25) is 0 Å². The monoisotopic (exact) mass is 428 g/mol. The highest BCUT2D eigenvalue weighted by molar-refractivity contribution is 5.12. The van der Waals surface area contributed by atoms with E-state index in [1.807, 2.05) is 12.5 Å². The van der Waals surface area contributed by atoms with Crippen LogP contribution in [-0.2, 0) is 6.54 Å². The molecule has 31 heavy (non-hydrogen) atoms. The van der Waals surface area contributed by atoms with Crippen LogP contribution in [-0.4, -0.2) is 32.0 Å². The van der Waals surface area contributed by atoms with Gasteiger partial charge in [-0.3, -0.25) is 0 Å². The highest BCUT2D eigenvalue weighted by atomic mass is 16.3. The molecule has 0 spiro atoms. The van der Waals surface area contributed by atoms with Crippen molar-refractivity contribution >= 4 is 0 Å². The van der Waals surface area contributed by atoms with Crippen molar-refractivity contribution in [2.24, 2.45) is 46.3 Å². The molecule has 0 bridgehead atoms. The molecule has 0 radical (unpaired) electrons. The van der Waals surface area contributed by atoms with Gasteiger partial charge in [0.15, 0.2) is 0 Å². The van der Waals surface area contributed by atoms with Gasteiger partial charge in [0, 0.05) is 18.9 Å². The van der Waals surface area contributed by atoms with E-state index >= 15 is 0 Å². The quantitative estimate of drug-likeness (QED) is 0.670. The number of fused-ring (bicyclic) bond motifs is 5. The van der Waals surface area contributed by atoms with E-state index in [2.05, 4.69) is 36.5 Å². The minimum atomic E-state index is -0.162. The van der Waals surface area contributed by atoms with Crippen molar-refractivity contribution in [3.63, 3.8) is 0 Å². The van der Waals surface area contributed by atoms with Gasteiger partial charge in [-0.05, 0) is 111 Å². The summed E-state index contributed by atoms with van der Waals surface area (Å²) in [6.45, 7) is 8.48. The van der Waals surface area contributed by atoms with Crippen LogP contribution in [0.1, 0.15) is 85.0 Å². The van der Waals surface area contributed by atoms with Crippen molar-refractivity contribution in [2.45, 2.75) is 104 Å². The molecule has 4 nitrogen and oxygen atoms in total. The molecule has 4 saturated carbocycles. The Hall–Kier alpha value is -0.870. The zero-order valence-corrected chi connectivity index (χ0v) is 19.9. The summed E-state index contributed by atoms with van der Waals surface area (Å²) in [4.78, 5) is 4.17. The van der Waals surface area contributed by atoms with Crippen molar-refractivity contribution in [3.05, 3.63) is 18.7 Å². The first kappa shape index (κ1) is 21.9. The lowest BCUT2D eigenvalue weighted by atomic mass is 9.43. The Kier molecular flexibility index (Phi) is 5.78. The molecule has 0 aliphatic heterocycles. The van der Waals surface area contributed by atoms with Crippen LogP contribution in [0.15, 0.2) is 18.7 Å². The minimum absolute atomic E-state index is 0.0902. The van der Waals surface area contributed by atoms with Crippen molar-refractivity contribution in [1.29, 1.82) is 0 Å². The zero-order valence-electron chi connectivity index (χ0n) is 19.9. The number of imidazole rings is 1. The first-order valence-electron chi connectivity index (χ1n) is 13.2. The number of aromatic nitrogens is 2. The third-order valence-electron chi connectivity index (χ3n) is 11.1. The molecule has 174 valence electrons. The summed E-state index contributed by atoms with van der Waals surface area (Å²) >= 11 is 0. The van der Waals surface area contributed by atoms with Crippen LogP contribution in [0.5, 0.6) is 0 Å². The molecule has 0 saturated heterocycles. The standard InChI is InChI=1S/C27H44N2O2/c1-18(5-4-13-29-14-12-28-17-29)22-8-9-23-21-7-6-19-15-20(30)10-11-26(19,2)24(21)16-25(31)27(22,23)3/h12,14,17-25,30-31H,4-11,13,15-16H2,1-3H3/t18-,19-,20-,21+,22-,23+,24+,25+,26+,27-/m1/s1. The molecular formula is C27H44N2O2. The van der Waals surface area contributed by atoms with Gasteiger partial charge >= 0.3 is 0 Å². The second-order valence-corrected chi connectivity index (χ2v) is 12.3. The van der Waals surface area contributed by atoms with Crippen LogP contribution in [0.25, 0.3) is 0 Å². The molecule has 0 unspecified atom stereocenters. The molecule has 1 heterocycles. The van der Waals surface area contributed by atoms with Crippen LogP contribution in [0, 0.1) is 46.3 Å². The summed E-state index contributed by atoms with van der Waals surface area (Å²) in [5.74, 6) is 4.10. The largest absolute Gasteiger partial charge is 0.393 e. The second kappa shape index (κ2) is 8.17. The first-order chi connectivity index (χ1) is 14.8. The fourth-order valence-corrected chi connectivity index (χ4v) is 9.38. The van der Waals surface area contributed by atoms with E-state index in [1.165, 1.54) is 38.5 Å². The third-order valence-corrected chi connectivity index (χ3v) is 11.1. The van der Waals surface area contributed by atoms with Gasteiger partial charge in [-0.1, -0.05) is 20.8 Å². The fraction of sp³-hybridized carbons (Fsp3) is 0.889. The average Bonchev–Trinajstić information content (AvgIpc) is 3.38. The smallest absolute Gasteiger partial charge is 0.0945 e. The lowest BCUT2D eigenvalue weighted by Gasteiger charge is -2.62. The third kappa shape index (κ3) is 3.51. The van der Waals surface area contributed by atoms with Crippen LogP contribution < -0.4 is 0 Å². The summed E-state index contributed by atoms with van der Waals surface area (Å²) in [6, 6.07) is 0. The Balaban J connectivity index is 1.30. The van der Waals surface area contributed by atoms with Gasteiger partial charge in [-0.25, -0.2) is 4.98 Å². The second-order valence-electron chi connectivity index (χ2n) is 12.3. The molecule has 1 aromatic rings. The van der Waals surface area contributed by atoms with Crippen LogP contribution in [0.3, 0.4) is 0 Å². The Labute approximate surface area is 188 Å². The predicted octanol–water partition coefficient (Wildman–Crippen LogP) is 5.29. The molecule has 1 aromatic heterocycles. The molecule has 10 atom stereocenters. The fourth-order valence-electron chi connectivity index (χ4n) is 9.38. The summed E-state index contributed by atoms with van der Waals surface area (Å²) in [5, 5.41) is 21.9. The van der Waals surface area contributed by atoms with E-state index in [4.69, 9.17) is 0 Å². The first-order valence-corrected chi connectivity index (χ1v) is 13.2. The minimum Gasteiger partial charge on any atom is -0.393 e. The van der Waals surface area contributed by atoms with Gasteiger partial charge < -0.3 is 14.8 Å². The lowest BCUT2D eigenvalue weighted by Crippen LogP contribution is -2.58. The molecular weight excluding hydrogens is 384 g/mol. The number of aliphatic hydroxyl groups is 2. The van der Waals surface area contributed by atoms with Gasteiger partial charge in [0.05, 0.1) is 18.5 Å². The molecule has 5 rings (SSSR count). The van der Waals surface area contributed by atoms with E-state index in [0.29, 0.717) is 35.0 Å². The lowest BCUT2D eigenvalue weighted by molar-refractivity contribution is -0.174. The highest BCUT2D eigenvalue weighted by Gasteiger charge is 2.63. The maximum absolute atomic E-state index is 11.7. The topological polar surface area (TPSA) is 58.3 Å². The zero-order chi connectivity index (χ0) is 21.8. The molecule has 2 N–H and O–H groups in total. The number of aliphatic hydroxyl groups excluding tert-OH is 2. The van der Waals surface area contributed by atoms with E-state index < -0.39 is 0 Å². The maximum Gasteiger partial charge on any atom is 0.0945 e. The summed E-state index contributed by atoms with van der Waals surface area (Å²) in [7, 11) is 0. The van der Waals surface area contributed by atoms with Crippen molar-refractivity contribution < 1.29 is 10.2 Å². The van der Waals surface area contributed by atoms with E-state index in [1.54, 1.807) is 0 Å². The average molecular weight is 429 g/mol. The van der Waals surface area contributed by atoms with E-state index in [-0.39, 0.29) is 17.6 Å². The number of hydrogen-bond donors (Lipinski definition) is 2. The van der Waals surface area contributed by atoms with Gasteiger partial charge in [0.25, 0.3) is 0 Å². The van der Waals surface area contributed by atoms with Crippen LogP contribution in [0.2, 0.25) is 0 Å². The summed E-state index contributed by atoms with van der Waals surface area (Å²) in [5.41, 5.74) is 0.423. The molecule has 4 heteroatoms. The Morgan fingerprint density at radius 3 is 2.68 bits per heavy atom. The number of aryl methyl sites for hydroxylation is 1. The molecule has 0 aromatic carbocycles. The summed E-state index contributed by atoms with van der Waals surface area (Å²) < 4.78 is 2.19. The van der Waals surface area contributed by atoms with E-state index in [0.717, 1.165) is 38.1 Å². The number of hydrogen-bond acceptors (Lipinski definition) is 3. The maximum atomic E-state index is 11.7. The van der Waals surface area contributed by atoms with Gasteiger partial charge in [0.1, 0.15) is 0 Å². The van der Waals surface area contributed by atoms with E-state index in [9.17, 15) is 10.2 Å². The van der Waals surface area contributed by atoms with Gasteiger partial charge in [-0.2, -0.15) is 0 Å².